The molecule has 2 aromatic rings. The van der Waals surface area contributed by atoms with Crippen molar-refractivity contribution in [3.63, 3.8) is 0 Å². The zero-order valence-electron chi connectivity index (χ0n) is 15.0. The smallest absolute Gasteiger partial charge is 0.413 e. The van der Waals surface area contributed by atoms with Crippen LogP contribution < -0.4 is 15.4 Å². The van der Waals surface area contributed by atoms with Crippen LogP contribution in [0.15, 0.2) is 36.4 Å². The molecule has 0 saturated carbocycles. The van der Waals surface area contributed by atoms with Gasteiger partial charge in [-0.2, -0.15) is 0 Å². The van der Waals surface area contributed by atoms with Crippen molar-refractivity contribution in [2.45, 2.75) is 32.8 Å². The van der Waals surface area contributed by atoms with Crippen LogP contribution in [0, 0.1) is 0 Å². The molecule has 0 aliphatic rings. The summed E-state index contributed by atoms with van der Waals surface area (Å²) < 4.78 is 10.3. The van der Waals surface area contributed by atoms with E-state index in [2.05, 4.69) is 20.8 Å². The standard InChI is InChI=1S/C18H24N4O3/c1-18(2,3)25-17(23)20-16-10-9-15(21-22-16)19-12-11-13-5-7-14(24-4)8-6-13/h5-10H,11-12H2,1-4H3,(H,19,21)(H,20,22,23). The van der Waals surface area contributed by atoms with Crippen molar-refractivity contribution in [1.29, 1.82) is 0 Å². The van der Waals surface area contributed by atoms with Gasteiger partial charge in [-0.15, -0.1) is 10.2 Å². The van der Waals surface area contributed by atoms with Crippen LogP contribution in [0.25, 0.3) is 0 Å². The average molecular weight is 344 g/mol. The number of carbonyl (C=O) groups is 1. The van der Waals surface area contributed by atoms with E-state index in [0.29, 0.717) is 11.6 Å². The van der Waals surface area contributed by atoms with Crippen LogP contribution in [0.1, 0.15) is 26.3 Å². The van der Waals surface area contributed by atoms with Crippen LogP contribution in [0.4, 0.5) is 16.4 Å². The van der Waals surface area contributed by atoms with E-state index in [9.17, 15) is 4.79 Å². The van der Waals surface area contributed by atoms with E-state index >= 15 is 0 Å². The Morgan fingerprint density at radius 3 is 2.24 bits per heavy atom. The maximum atomic E-state index is 11.7. The average Bonchev–Trinajstić information content (AvgIpc) is 2.55. The van der Waals surface area contributed by atoms with Crippen molar-refractivity contribution in [1.82, 2.24) is 10.2 Å². The van der Waals surface area contributed by atoms with E-state index < -0.39 is 11.7 Å². The number of rotatable bonds is 6. The summed E-state index contributed by atoms with van der Waals surface area (Å²) in [5.74, 6) is 1.83. The molecule has 0 saturated heterocycles. The normalized spacial score (nSPS) is 10.9. The highest BCUT2D eigenvalue weighted by atomic mass is 16.6. The second kappa shape index (κ2) is 8.32. The van der Waals surface area contributed by atoms with Crippen molar-refractivity contribution in [2.75, 3.05) is 24.3 Å². The quantitative estimate of drug-likeness (QED) is 0.834. The first kappa shape index (κ1) is 18.5. The highest BCUT2D eigenvalue weighted by Crippen LogP contribution is 2.13. The minimum atomic E-state index is -0.555. The predicted octanol–water partition coefficient (Wildman–Crippen LogP) is 3.49. The molecule has 7 nitrogen and oxygen atoms in total. The molecule has 1 aromatic heterocycles. The number of carbonyl (C=O) groups excluding carboxylic acids is 1. The number of aromatic nitrogens is 2. The Bertz CT molecular complexity index is 679. The third kappa shape index (κ3) is 6.66. The highest BCUT2D eigenvalue weighted by Gasteiger charge is 2.16. The number of hydrogen-bond acceptors (Lipinski definition) is 6. The number of ether oxygens (including phenoxy) is 2. The molecule has 1 aromatic carbocycles. The summed E-state index contributed by atoms with van der Waals surface area (Å²) in [6, 6.07) is 11.4. The minimum absolute atomic E-state index is 0.343. The first-order chi connectivity index (χ1) is 11.9. The number of amides is 1. The molecule has 0 aliphatic carbocycles. The highest BCUT2D eigenvalue weighted by molar-refractivity contribution is 5.83. The number of methoxy groups -OCH3 is 1. The third-order valence-corrected chi connectivity index (χ3v) is 3.17. The Hall–Kier alpha value is -2.83. The molecular weight excluding hydrogens is 320 g/mol. The Labute approximate surface area is 147 Å². The van der Waals surface area contributed by atoms with Crippen LogP contribution in [0.3, 0.4) is 0 Å². The predicted molar refractivity (Wildman–Crippen MR) is 97.1 cm³/mol. The Morgan fingerprint density at radius 2 is 1.68 bits per heavy atom. The first-order valence-corrected chi connectivity index (χ1v) is 8.06. The van der Waals surface area contributed by atoms with Gasteiger partial charge in [0, 0.05) is 6.54 Å². The lowest BCUT2D eigenvalue weighted by Crippen LogP contribution is -2.27. The molecule has 134 valence electrons. The topological polar surface area (TPSA) is 85.4 Å². The summed E-state index contributed by atoms with van der Waals surface area (Å²) in [4.78, 5) is 11.7. The van der Waals surface area contributed by atoms with Gasteiger partial charge in [0.25, 0.3) is 0 Å². The lowest BCUT2D eigenvalue weighted by molar-refractivity contribution is 0.0635. The summed E-state index contributed by atoms with van der Waals surface area (Å²) in [5, 5.41) is 13.7. The molecule has 25 heavy (non-hydrogen) atoms. The second-order valence-electron chi connectivity index (χ2n) is 6.46. The van der Waals surface area contributed by atoms with E-state index in [4.69, 9.17) is 9.47 Å². The molecule has 0 spiro atoms. The number of nitrogens with zero attached hydrogens (tertiary/aromatic N) is 2. The molecular formula is C18H24N4O3. The van der Waals surface area contributed by atoms with E-state index in [1.807, 2.05) is 24.3 Å². The third-order valence-electron chi connectivity index (χ3n) is 3.17. The summed E-state index contributed by atoms with van der Waals surface area (Å²) >= 11 is 0. The van der Waals surface area contributed by atoms with Gasteiger partial charge in [0.15, 0.2) is 5.82 Å². The monoisotopic (exact) mass is 344 g/mol. The number of nitrogens with one attached hydrogen (secondary N) is 2. The largest absolute Gasteiger partial charge is 0.497 e. The minimum Gasteiger partial charge on any atom is -0.497 e. The number of hydrogen-bond donors (Lipinski definition) is 2. The molecule has 2 N–H and O–H groups in total. The van der Waals surface area contributed by atoms with Crippen LogP contribution in [-0.2, 0) is 11.2 Å². The molecule has 0 fully saturated rings. The summed E-state index contributed by atoms with van der Waals surface area (Å²) in [7, 11) is 1.65. The van der Waals surface area contributed by atoms with Crippen LogP contribution in [0.5, 0.6) is 5.75 Å². The summed E-state index contributed by atoms with van der Waals surface area (Å²) in [6.07, 6.45) is 0.297. The molecule has 0 unspecified atom stereocenters. The van der Waals surface area contributed by atoms with Crippen molar-refractivity contribution in [3.8, 4) is 5.75 Å². The Morgan fingerprint density at radius 1 is 1.04 bits per heavy atom. The van der Waals surface area contributed by atoms with Gasteiger partial charge in [-0.3, -0.25) is 5.32 Å². The fourth-order valence-electron chi connectivity index (χ4n) is 2.03. The number of anilines is 2. The van der Waals surface area contributed by atoms with E-state index in [1.165, 1.54) is 5.56 Å². The summed E-state index contributed by atoms with van der Waals surface area (Å²) in [6.45, 7) is 6.12. The SMILES string of the molecule is COc1ccc(CCNc2ccc(NC(=O)OC(C)(C)C)nn2)cc1. The van der Waals surface area contributed by atoms with Gasteiger partial charge in [0.1, 0.15) is 17.2 Å². The zero-order valence-corrected chi connectivity index (χ0v) is 15.0. The lowest BCUT2D eigenvalue weighted by Gasteiger charge is -2.19. The van der Waals surface area contributed by atoms with Gasteiger partial charge >= 0.3 is 6.09 Å². The molecule has 0 radical (unpaired) electrons. The first-order valence-electron chi connectivity index (χ1n) is 8.06. The molecule has 1 amide bonds. The van der Waals surface area contributed by atoms with Crippen molar-refractivity contribution in [2.24, 2.45) is 0 Å². The molecule has 7 heteroatoms. The van der Waals surface area contributed by atoms with Crippen LogP contribution >= 0.6 is 0 Å². The second-order valence-corrected chi connectivity index (χ2v) is 6.46. The van der Waals surface area contributed by atoms with Gasteiger partial charge in [-0.25, -0.2) is 4.79 Å². The van der Waals surface area contributed by atoms with Gasteiger partial charge < -0.3 is 14.8 Å². The Kier molecular flexibility index (Phi) is 6.16. The van der Waals surface area contributed by atoms with Gasteiger partial charge in [0.2, 0.25) is 0 Å². The summed E-state index contributed by atoms with van der Waals surface area (Å²) in [5.41, 5.74) is 0.643. The van der Waals surface area contributed by atoms with Crippen LogP contribution in [-0.4, -0.2) is 35.5 Å². The van der Waals surface area contributed by atoms with Crippen LogP contribution in [0.2, 0.25) is 0 Å². The lowest BCUT2D eigenvalue weighted by atomic mass is 10.1. The van der Waals surface area contributed by atoms with E-state index in [0.717, 1.165) is 18.7 Å². The fourth-order valence-corrected chi connectivity index (χ4v) is 2.03. The fraction of sp³-hybridized carbons (Fsp3) is 0.389. The van der Waals surface area contributed by atoms with Gasteiger partial charge in [0.05, 0.1) is 7.11 Å². The van der Waals surface area contributed by atoms with Gasteiger partial charge in [-0.1, -0.05) is 12.1 Å². The molecule has 2 rings (SSSR count). The molecule has 0 aliphatic heterocycles. The van der Waals surface area contributed by atoms with Crippen molar-refractivity contribution < 1.29 is 14.3 Å². The van der Waals surface area contributed by atoms with Crippen molar-refractivity contribution in [3.05, 3.63) is 42.0 Å². The maximum Gasteiger partial charge on any atom is 0.413 e. The molecule has 0 bridgehead atoms. The zero-order chi connectivity index (χ0) is 18.3. The van der Waals surface area contributed by atoms with Crippen molar-refractivity contribution >= 4 is 17.7 Å². The molecule has 1 heterocycles. The van der Waals surface area contributed by atoms with E-state index in [1.54, 1.807) is 40.0 Å². The van der Waals surface area contributed by atoms with Gasteiger partial charge in [-0.05, 0) is 57.0 Å². The maximum absolute atomic E-state index is 11.7. The Balaban J connectivity index is 1.78. The van der Waals surface area contributed by atoms with E-state index in [-0.39, 0.29) is 0 Å². The number of benzene rings is 1. The molecule has 0 atom stereocenters.